The second-order valence-corrected chi connectivity index (χ2v) is 9.01. The van der Waals surface area contributed by atoms with Gasteiger partial charge >= 0.3 is 0 Å². The van der Waals surface area contributed by atoms with Crippen molar-refractivity contribution in [2.45, 2.75) is 52.4 Å². The maximum atomic E-state index is 13.1. The third-order valence-electron chi connectivity index (χ3n) is 6.06. The summed E-state index contributed by atoms with van der Waals surface area (Å²) in [6.07, 6.45) is 6.84. The average molecular weight is 371 g/mol. The molecule has 148 valence electrons. The Kier molecular flexibility index (Phi) is 5.67. The van der Waals surface area contributed by atoms with Gasteiger partial charge in [-0.1, -0.05) is 13.8 Å². The first-order valence-corrected chi connectivity index (χ1v) is 10.9. The van der Waals surface area contributed by atoms with Crippen molar-refractivity contribution < 1.29 is 4.79 Å². The zero-order valence-corrected chi connectivity index (χ0v) is 17.0. The largest absolute Gasteiger partial charge is 0.369 e. The van der Waals surface area contributed by atoms with E-state index in [2.05, 4.69) is 30.1 Å². The van der Waals surface area contributed by atoms with Crippen LogP contribution in [0.15, 0.2) is 6.07 Å². The number of nitrogens with one attached hydrogen (secondary N) is 1. The normalized spacial score (nSPS) is 20.6. The lowest BCUT2D eigenvalue weighted by Crippen LogP contribution is -2.30. The van der Waals surface area contributed by atoms with Gasteiger partial charge in [-0.15, -0.1) is 0 Å². The summed E-state index contributed by atoms with van der Waals surface area (Å²) < 4.78 is 0. The van der Waals surface area contributed by atoms with Crippen LogP contribution in [0.25, 0.3) is 0 Å². The van der Waals surface area contributed by atoms with Crippen molar-refractivity contribution >= 4 is 11.7 Å². The lowest BCUT2D eigenvalue weighted by molar-refractivity contribution is 0.0793. The molecule has 1 aromatic rings. The smallest absolute Gasteiger partial charge is 0.257 e. The number of carbonyl (C=O) groups is 1. The average Bonchev–Trinajstić information content (AvgIpc) is 3.36. The van der Waals surface area contributed by atoms with Crippen LogP contribution >= 0.6 is 0 Å². The van der Waals surface area contributed by atoms with Gasteiger partial charge in [-0.25, -0.2) is 4.98 Å². The summed E-state index contributed by atoms with van der Waals surface area (Å²) in [6, 6.07) is 2.16. The Bertz CT molecular complexity index is 677. The monoisotopic (exact) mass is 370 g/mol. The maximum Gasteiger partial charge on any atom is 0.257 e. The molecule has 3 aliphatic rings. The third kappa shape index (κ3) is 4.63. The van der Waals surface area contributed by atoms with E-state index >= 15 is 0 Å². The molecule has 0 radical (unpaired) electrons. The molecule has 1 aromatic heterocycles. The van der Waals surface area contributed by atoms with Gasteiger partial charge in [0, 0.05) is 51.4 Å². The molecule has 3 heterocycles. The number of likely N-dealkylation sites (tertiary alicyclic amines) is 1. The molecule has 5 nitrogen and oxygen atoms in total. The molecule has 4 rings (SSSR count). The Morgan fingerprint density at radius 1 is 1.19 bits per heavy atom. The Hall–Kier alpha value is -1.62. The van der Waals surface area contributed by atoms with Crippen LogP contribution in [-0.4, -0.2) is 60.0 Å². The van der Waals surface area contributed by atoms with E-state index in [1.165, 1.54) is 24.1 Å². The van der Waals surface area contributed by atoms with E-state index in [1.807, 2.05) is 4.90 Å². The van der Waals surface area contributed by atoms with Crippen molar-refractivity contribution in [3.63, 3.8) is 0 Å². The van der Waals surface area contributed by atoms with E-state index in [9.17, 15) is 4.79 Å². The van der Waals surface area contributed by atoms with E-state index in [-0.39, 0.29) is 5.91 Å². The SMILES string of the molecule is CC(C)CN1CCc2cc(C(=O)N3CCCC3)c(NCC3CC3)nc2CC1. The highest BCUT2D eigenvalue weighted by Gasteiger charge is 2.27. The van der Waals surface area contributed by atoms with Crippen molar-refractivity contribution in [2.24, 2.45) is 11.8 Å². The summed E-state index contributed by atoms with van der Waals surface area (Å²) in [5.41, 5.74) is 3.27. The highest BCUT2D eigenvalue weighted by Crippen LogP contribution is 2.30. The number of pyridine rings is 1. The van der Waals surface area contributed by atoms with Gasteiger partial charge in [0.1, 0.15) is 5.82 Å². The highest BCUT2D eigenvalue weighted by molar-refractivity contribution is 5.99. The topological polar surface area (TPSA) is 48.5 Å². The van der Waals surface area contributed by atoms with Gasteiger partial charge in [0.25, 0.3) is 5.91 Å². The summed E-state index contributed by atoms with van der Waals surface area (Å²) in [4.78, 5) is 22.7. The molecule has 5 heteroatoms. The Balaban J connectivity index is 1.57. The molecule has 0 atom stereocenters. The lowest BCUT2D eigenvalue weighted by atomic mass is 10.0. The molecule has 0 aromatic carbocycles. The van der Waals surface area contributed by atoms with Gasteiger partial charge in [0.15, 0.2) is 0 Å². The van der Waals surface area contributed by atoms with E-state index in [0.29, 0.717) is 5.92 Å². The summed E-state index contributed by atoms with van der Waals surface area (Å²) in [5.74, 6) is 2.45. The molecule has 1 amide bonds. The first-order chi connectivity index (χ1) is 13.1. The quantitative estimate of drug-likeness (QED) is 0.835. The second-order valence-electron chi connectivity index (χ2n) is 9.01. The Morgan fingerprint density at radius 2 is 1.93 bits per heavy atom. The molecule has 27 heavy (non-hydrogen) atoms. The fourth-order valence-electron chi connectivity index (χ4n) is 4.33. The molecular formula is C22H34N4O. The van der Waals surface area contributed by atoms with Crippen LogP contribution in [0.5, 0.6) is 0 Å². The highest BCUT2D eigenvalue weighted by atomic mass is 16.2. The van der Waals surface area contributed by atoms with Crippen LogP contribution in [0.1, 0.15) is 61.1 Å². The predicted molar refractivity (Wildman–Crippen MR) is 109 cm³/mol. The van der Waals surface area contributed by atoms with Crippen LogP contribution in [0.4, 0.5) is 5.82 Å². The number of amides is 1. The number of nitrogens with zero attached hydrogens (tertiary/aromatic N) is 3. The molecule has 0 bridgehead atoms. The summed E-state index contributed by atoms with van der Waals surface area (Å²) >= 11 is 0. The molecule has 1 aliphatic carbocycles. The zero-order chi connectivity index (χ0) is 18.8. The van der Waals surface area contributed by atoms with Crippen LogP contribution in [0.2, 0.25) is 0 Å². The van der Waals surface area contributed by atoms with Crippen LogP contribution < -0.4 is 5.32 Å². The molecule has 2 fully saturated rings. The molecule has 1 saturated carbocycles. The van der Waals surface area contributed by atoms with E-state index in [4.69, 9.17) is 4.98 Å². The number of aromatic nitrogens is 1. The van der Waals surface area contributed by atoms with Gasteiger partial charge in [0.2, 0.25) is 0 Å². The number of hydrogen-bond donors (Lipinski definition) is 1. The van der Waals surface area contributed by atoms with Crippen molar-refractivity contribution in [1.29, 1.82) is 0 Å². The second kappa shape index (κ2) is 8.17. The number of anilines is 1. The molecule has 1 saturated heterocycles. The van der Waals surface area contributed by atoms with Gasteiger partial charge in [-0.05, 0) is 55.6 Å². The van der Waals surface area contributed by atoms with Gasteiger partial charge in [0.05, 0.1) is 5.56 Å². The molecule has 0 unspecified atom stereocenters. The molecule has 1 N–H and O–H groups in total. The van der Waals surface area contributed by atoms with E-state index in [1.54, 1.807) is 0 Å². The fourth-order valence-corrected chi connectivity index (χ4v) is 4.33. The van der Waals surface area contributed by atoms with Crippen LogP contribution in [0, 0.1) is 11.8 Å². The number of fused-ring (bicyclic) bond motifs is 1. The third-order valence-corrected chi connectivity index (χ3v) is 6.06. The first kappa shape index (κ1) is 18.7. The van der Waals surface area contributed by atoms with Crippen LogP contribution in [0.3, 0.4) is 0 Å². The van der Waals surface area contributed by atoms with Crippen molar-refractivity contribution in [3.8, 4) is 0 Å². The number of rotatable bonds is 6. The van der Waals surface area contributed by atoms with Gasteiger partial charge in [-0.3, -0.25) is 4.79 Å². The minimum Gasteiger partial charge on any atom is -0.369 e. The van der Waals surface area contributed by atoms with Gasteiger partial charge < -0.3 is 15.1 Å². The number of hydrogen-bond acceptors (Lipinski definition) is 4. The van der Waals surface area contributed by atoms with Crippen molar-refractivity contribution in [2.75, 3.05) is 44.6 Å². The first-order valence-electron chi connectivity index (χ1n) is 10.9. The fraction of sp³-hybridized carbons (Fsp3) is 0.727. The van der Waals surface area contributed by atoms with Crippen molar-refractivity contribution in [3.05, 3.63) is 22.9 Å². The summed E-state index contributed by atoms with van der Waals surface area (Å²) in [6.45, 7) is 10.6. The zero-order valence-electron chi connectivity index (χ0n) is 17.0. The number of carbonyl (C=O) groups excluding carboxylic acids is 1. The standard InChI is InChI=1S/C22H34N4O/c1-16(2)15-25-11-7-18-13-19(22(27)26-9-3-4-10-26)21(23-14-17-5-6-17)24-20(18)8-12-25/h13,16-17H,3-12,14-15H2,1-2H3,(H,23,24). The van der Waals surface area contributed by atoms with Crippen LogP contribution in [-0.2, 0) is 12.8 Å². The Labute approximate surface area is 163 Å². The Morgan fingerprint density at radius 3 is 2.63 bits per heavy atom. The summed E-state index contributed by atoms with van der Waals surface area (Å²) in [5, 5.41) is 3.52. The van der Waals surface area contributed by atoms with E-state index in [0.717, 1.165) is 82.3 Å². The molecule has 0 spiro atoms. The lowest BCUT2D eigenvalue weighted by Gasteiger charge is -2.21. The van der Waals surface area contributed by atoms with E-state index < -0.39 is 0 Å². The molecule has 2 aliphatic heterocycles. The minimum absolute atomic E-state index is 0.171. The molecular weight excluding hydrogens is 336 g/mol. The van der Waals surface area contributed by atoms with Gasteiger partial charge in [-0.2, -0.15) is 0 Å². The minimum atomic E-state index is 0.171. The predicted octanol–water partition coefficient (Wildman–Crippen LogP) is 3.20. The summed E-state index contributed by atoms with van der Waals surface area (Å²) in [7, 11) is 0. The maximum absolute atomic E-state index is 13.1. The van der Waals surface area contributed by atoms with Crippen molar-refractivity contribution in [1.82, 2.24) is 14.8 Å².